The summed E-state index contributed by atoms with van der Waals surface area (Å²) in [6, 6.07) is 12.8. The molecule has 2 aromatic carbocycles. The molecule has 6 heteroatoms. The molecule has 2 aromatic rings. The molecule has 6 nitrogen and oxygen atoms in total. The van der Waals surface area contributed by atoms with Crippen molar-refractivity contribution in [3.63, 3.8) is 0 Å². The van der Waals surface area contributed by atoms with Crippen LogP contribution in [0.5, 0.6) is 5.75 Å². The summed E-state index contributed by atoms with van der Waals surface area (Å²) in [5, 5.41) is 25.7. The Labute approximate surface area is 146 Å². The van der Waals surface area contributed by atoms with E-state index in [1.807, 2.05) is 24.3 Å². The average molecular weight is 342 g/mol. The lowest BCUT2D eigenvalue weighted by Gasteiger charge is -2.35. The van der Waals surface area contributed by atoms with Gasteiger partial charge in [0.25, 0.3) is 0 Å². The minimum atomic E-state index is -1.04. The molecule has 0 aromatic heterocycles. The fraction of sp³-hybridized carbons (Fsp3) is 0.368. The van der Waals surface area contributed by atoms with Crippen molar-refractivity contribution in [3.05, 3.63) is 63.7 Å². The molecule has 0 radical (unpaired) electrons. The molecule has 0 bridgehead atoms. The number of nitrogens with one attached hydrogen (secondary N) is 1. The Morgan fingerprint density at radius 1 is 1.28 bits per heavy atom. The molecule has 1 atom stereocenters. The molecule has 2 N–H and O–H groups in total. The number of nitrogens with zero attached hydrogens (tertiary/aromatic N) is 1. The van der Waals surface area contributed by atoms with Gasteiger partial charge in [0.15, 0.2) is 5.75 Å². The van der Waals surface area contributed by atoms with E-state index in [9.17, 15) is 15.2 Å². The van der Waals surface area contributed by atoms with Crippen molar-refractivity contribution in [1.82, 2.24) is 0 Å². The van der Waals surface area contributed by atoms with E-state index in [0.717, 1.165) is 24.0 Å². The number of nitro benzene ring substituents is 1. The maximum Gasteiger partial charge on any atom is 0.333 e. The van der Waals surface area contributed by atoms with E-state index < -0.39 is 10.5 Å². The normalized spacial score (nSPS) is 19.1. The van der Waals surface area contributed by atoms with Crippen LogP contribution in [0.25, 0.3) is 0 Å². The first kappa shape index (κ1) is 17.2. The lowest BCUT2D eigenvalue weighted by Crippen LogP contribution is -2.37. The van der Waals surface area contributed by atoms with Gasteiger partial charge in [-0.15, -0.1) is 0 Å². The molecule has 3 rings (SSSR count). The highest BCUT2D eigenvalue weighted by molar-refractivity contribution is 5.68. The predicted octanol–water partition coefficient (Wildman–Crippen LogP) is 3.63. The quantitative estimate of drug-likeness (QED) is 0.618. The lowest BCUT2D eigenvalue weighted by atomic mass is 9.79. The molecule has 25 heavy (non-hydrogen) atoms. The molecule has 1 aliphatic carbocycles. The number of benzene rings is 2. The average Bonchev–Trinajstić information content (AvgIpc) is 2.61. The molecule has 0 saturated carbocycles. The number of hydrogen-bond donors (Lipinski definition) is 2. The number of para-hydroxylation sites is 1. The van der Waals surface area contributed by atoms with Crippen molar-refractivity contribution in [2.75, 3.05) is 18.5 Å². The van der Waals surface area contributed by atoms with E-state index in [2.05, 4.69) is 5.32 Å². The molecule has 0 fully saturated rings. The molecule has 0 heterocycles. The van der Waals surface area contributed by atoms with Gasteiger partial charge in [0.05, 0.1) is 11.5 Å². The van der Waals surface area contributed by atoms with E-state index in [0.29, 0.717) is 18.7 Å². The molecule has 0 spiro atoms. The van der Waals surface area contributed by atoms with Crippen LogP contribution in [0.4, 0.5) is 11.4 Å². The number of hydrogen-bond acceptors (Lipinski definition) is 5. The number of ether oxygens (including phenoxy) is 1. The summed E-state index contributed by atoms with van der Waals surface area (Å²) < 4.78 is 5.37. The summed E-state index contributed by atoms with van der Waals surface area (Å²) in [6.07, 6.45) is 2.45. The van der Waals surface area contributed by atoms with Crippen LogP contribution in [-0.4, -0.2) is 23.2 Å². The first-order valence-corrected chi connectivity index (χ1v) is 8.50. The van der Waals surface area contributed by atoms with Gasteiger partial charge in [-0.2, -0.15) is 0 Å². The van der Waals surface area contributed by atoms with Crippen LogP contribution in [0.2, 0.25) is 0 Å². The number of anilines is 1. The molecular weight excluding hydrogens is 320 g/mol. The smallest absolute Gasteiger partial charge is 0.333 e. The van der Waals surface area contributed by atoms with Crippen LogP contribution in [-0.2, 0) is 12.0 Å². The fourth-order valence-electron chi connectivity index (χ4n) is 3.45. The standard InChI is InChI=1S/C19H22N2O4/c1-2-25-17-11-5-10-16(18(17)21(23)24)20-13-19(22)12-6-8-14-7-3-4-9-15(14)19/h3-5,7,9-11,20,22H,2,6,8,12-13H2,1H3. The van der Waals surface area contributed by atoms with E-state index in [4.69, 9.17) is 4.74 Å². The predicted molar refractivity (Wildman–Crippen MR) is 96.0 cm³/mol. The van der Waals surface area contributed by atoms with Crippen LogP contribution in [0.3, 0.4) is 0 Å². The van der Waals surface area contributed by atoms with Gasteiger partial charge in [-0.25, -0.2) is 0 Å². The Balaban J connectivity index is 1.87. The fourth-order valence-corrected chi connectivity index (χ4v) is 3.45. The second-order valence-corrected chi connectivity index (χ2v) is 6.24. The number of fused-ring (bicyclic) bond motifs is 1. The zero-order chi connectivity index (χ0) is 17.9. The molecule has 132 valence electrons. The molecule has 1 aliphatic rings. The third kappa shape index (κ3) is 3.44. The second kappa shape index (κ2) is 7.11. The summed E-state index contributed by atoms with van der Waals surface area (Å²) in [5.74, 6) is 0.230. The van der Waals surface area contributed by atoms with Gasteiger partial charge in [-0.3, -0.25) is 10.1 Å². The van der Waals surface area contributed by atoms with Gasteiger partial charge in [0.2, 0.25) is 0 Å². The van der Waals surface area contributed by atoms with Crippen LogP contribution in [0, 0.1) is 10.1 Å². The monoisotopic (exact) mass is 342 g/mol. The minimum absolute atomic E-state index is 0.1000. The first-order valence-electron chi connectivity index (χ1n) is 8.50. The zero-order valence-electron chi connectivity index (χ0n) is 14.2. The second-order valence-electron chi connectivity index (χ2n) is 6.24. The van der Waals surface area contributed by atoms with Gasteiger partial charge >= 0.3 is 5.69 Å². The topological polar surface area (TPSA) is 84.6 Å². The highest BCUT2D eigenvalue weighted by Gasteiger charge is 2.34. The maximum absolute atomic E-state index is 11.5. The van der Waals surface area contributed by atoms with Gasteiger partial charge in [-0.05, 0) is 49.4 Å². The number of rotatable bonds is 6. The summed E-state index contributed by atoms with van der Waals surface area (Å²) in [4.78, 5) is 11.0. The lowest BCUT2D eigenvalue weighted by molar-refractivity contribution is -0.384. The Morgan fingerprint density at radius 2 is 2.08 bits per heavy atom. The van der Waals surface area contributed by atoms with Crippen molar-refractivity contribution >= 4 is 11.4 Å². The van der Waals surface area contributed by atoms with E-state index in [1.54, 1.807) is 25.1 Å². The summed E-state index contributed by atoms with van der Waals surface area (Å²) >= 11 is 0. The van der Waals surface area contributed by atoms with Crippen molar-refractivity contribution in [2.24, 2.45) is 0 Å². The highest BCUT2D eigenvalue weighted by Crippen LogP contribution is 2.38. The van der Waals surface area contributed by atoms with Gasteiger partial charge in [0.1, 0.15) is 11.3 Å². The summed E-state index contributed by atoms with van der Waals surface area (Å²) in [5.41, 5.74) is 1.25. The molecule has 0 saturated heterocycles. The molecular formula is C19H22N2O4. The van der Waals surface area contributed by atoms with Crippen molar-refractivity contribution < 1.29 is 14.8 Å². The number of aryl methyl sites for hydroxylation is 1. The maximum atomic E-state index is 11.5. The zero-order valence-corrected chi connectivity index (χ0v) is 14.2. The summed E-state index contributed by atoms with van der Waals surface area (Å²) in [6.45, 7) is 2.34. The minimum Gasteiger partial charge on any atom is -0.487 e. The Morgan fingerprint density at radius 3 is 2.84 bits per heavy atom. The van der Waals surface area contributed by atoms with Gasteiger partial charge in [-0.1, -0.05) is 30.3 Å². The third-order valence-electron chi connectivity index (χ3n) is 4.61. The summed E-state index contributed by atoms with van der Waals surface area (Å²) in [7, 11) is 0. The first-order chi connectivity index (χ1) is 12.0. The molecule has 0 amide bonds. The van der Waals surface area contributed by atoms with Crippen LogP contribution in [0.15, 0.2) is 42.5 Å². The van der Waals surface area contributed by atoms with Crippen LogP contribution in [0.1, 0.15) is 30.9 Å². The highest BCUT2D eigenvalue weighted by atomic mass is 16.6. The Hall–Kier alpha value is -2.60. The van der Waals surface area contributed by atoms with Crippen molar-refractivity contribution in [3.8, 4) is 5.75 Å². The SMILES string of the molecule is CCOc1cccc(NCC2(O)CCCc3ccccc32)c1[N+](=O)[O-]. The van der Waals surface area contributed by atoms with Crippen LogP contribution < -0.4 is 10.1 Å². The Bertz CT molecular complexity index is 778. The largest absolute Gasteiger partial charge is 0.487 e. The van der Waals surface area contributed by atoms with Crippen molar-refractivity contribution in [2.45, 2.75) is 31.8 Å². The van der Waals surface area contributed by atoms with Crippen LogP contribution >= 0.6 is 0 Å². The molecule has 0 aliphatic heterocycles. The number of nitro groups is 1. The van der Waals surface area contributed by atoms with Gasteiger partial charge in [0, 0.05) is 6.54 Å². The van der Waals surface area contributed by atoms with Gasteiger partial charge < -0.3 is 15.2 Å². The van der Waals surface area contributed by atoms with Crippen molar-refractivity contribution in [1.29, 1.82) is 0 Å². The van der Waals surface area contributed by atoms with E-state index in [-0.39, 0.29) is 18.0 Å². The third-order valence-corrected chi connectivity index (χ3v) is 4.61. The van der Waals surface area contributed by atoms with E-state index in [1.165, 1.54) is 0 Å². The van der Waals surface area contributed by atoms with E-state index >= 15 is 0 Å². The Kier molecular flexibility index (Phi) is 4.90. The molecule has 1 unspecified atom stereocenters. The number of aliphatic hydroxyl groups is 1.